The minimum absolute atomic E-state index is 0.769. The summed E-state index contributed by atoms with van der Waals surface area (Å²) >= 11 is 0.981. The zero-order valence-electron chi connectivity index (χ0n) is 10.7. The van der Waals surface area contributed by atoms with Crippen LogP contribution >= 0.6 is 11.9 Å². The Morgan fingerprint density at radius 2 is 1.12 bits per heavy atom. The molecule has 1 aliphatic rings. The summed E-state index contributed by atoms with van der Waals surface area (Å²) < 4.78 is 2.03. The summed E-state index contributed by atoms with van der Waals surface area (Å²) in [6.45, 7) is 1.86. The van der Waals surface area contributed by atoms with Gasteiger partial charge in [0.05, 0.1) is 0 Å². The molecule has 0 aromatic heterocycles. The van der Waals surface area contributed by atoms with Crippen LogP contribution in [0.15, 0.2) is 0 Å². The van der Waals surface area contributed by atoms with E-state index in [2.05, 4.69) is 0 Å². The van der Waals surface area contributed by atoms with Crippen LogP contribution in [0, 0.1) is 0 Å². The second-order valence-corrected chi connectivity index (χ2v) is 5.87. The molecule has 17 heavy (non-hydrogen) atoms. The van der Waals surface area contributed by atoms with Gasteiger partial charge in [0.1, 0.15) is 0 Å². The summed E-state index contributed by atoms with van der Waals surface area (Å²) in [4.78, 5) is 10.7. The Labute approximate surface area is 109 Å². The second kappa shape index (κ2) is 9.77. The van der Waals surface area contributed by atoms with Crippen LogP contribution in [0.25, 0.3) is 0 Å². The largest absolute Gasteiger partial charge is 0.472 e. The Kier molecular flexibility index (Phi) is 8.53. The third kappa shape index (κ3) is 8.50. The molecule has 4 heteroatoms. The fraction of sp³-hybridized carbons (Fsp3) is 0.923. The molecular formula is C13H25NO2S. The number of rotatable bonds is 1. The van der Waals surface area contributed by atoms with E-state index in [-0.39, 0.29) is 0 Å². The zero-order valence-corrected chi connectivity index (χ0v) is 11.5. The van der Waals surface area contributed by atoms with E-state index in [9.17, 15) is 4.79 Å². The minimum Gasteiger partial charge on any atom is -0.472 e. The summed E-state index contributed by atoms with van der Waals surface area (Å²) in [6.07, 6.45) is 12.9. The molecule has 1 rings (SSSR count). The molecule has 1 heterocycles. The average molecular weight is 259 g/mol. The lowest BCUT2D eigenvalue weighted by atomic mass is 10.1. The number of nitrogens with zero attached hydrogens (tertiary/aromatic N) is 1. The Hall–Kier alpha value is -0.220. The first-order valence-electron chi connectivity index (χ1n) is 6.95. The summed E-state index contributed by atoms with van der Waals surface area (Å²) in [7, 11) is 0. The van der Waals surface area contributed by atoms with Gasteiger partial charge in [-0.1, -0.05) is 51.4 Å². The maximum atomic E-state index is 10.7. The molecule has 0 atom stereocenters. The minimum atomic E-state index is -0.769. The molecule has 1 aliphatic heterocycles. The van der Waals surface area contributed by atoms with Crippen molar-refractivity contribution in [1.82, 2.24) is 4.31 Å². The lowest BCUT2D eigenvalue weighted by Gasteiger charge is -2.18. The molecule has 0 amide bonds. The van der Waals surface area contributed by atoms with Gasteiger partial charge in [-0.15, -0.1) is 0 Å². The predicted octanol–water partition coefficient (Wildman–Crippen LogP) is 4.53. The van der Waals surface area contributed by atoms with Crippen molar-refractivity contribution in [2.45, 2.75) is 64.2 Å². The predicted molar refractivity (Wildman–Crippen MR) is 73.4 cm³/mol. The lowest BCUT2D eigenvalue weighted by Crippen LogP contribution is -2.20. The Morgan fingerprint density at radius 1 is 0.765 bits per heavy atom. The molecular weight excluding hydrogens is 234 g/mol. The van der Waals surface area contributed by atoms with Crippen molar-refractivity contribution in [3.8, 4) is 0 Å². The van der Waals surface area contributed by atoms with E-state index >= 15 is 0 Å². The standard InChI is InChI=1S/C13H25NO2S/c15-13(16)17-14-11-9-7-5-3-1-2-4-6-8-10-12-14/h1-12H2,(H,15,16). The monoisotopic (exact) mass is 259 g/mol. The molecule has 1 saturated heterocycles. The molecule has 0 aromatic rings. The molecule has 0 aromatic carbocycles. The fourth-order valence-electron chi connectivity index (χ4n) is 2.30. The van der Waals surface area contributed by atoms with Gasteiger partial charge in [0, 0.05) is 25.0 Å². The van der Waals surface area contributed by atoms with E-state index < -0.39 is 5.30 Å². The molecule has 0 aliphatic carbocycles. The third-order valence-corrected chi connectivity index (χ3v) is 4.05. The quantitative estimate of drug-likeness (QED) is 0.702. The van der Waals surface area contributed by atoms with Crippen molar-refractivity contribution in [3.05, 3.63) is 0 Å². The molecule has 0 unspecified atom stereocenters. The van der Waals surface area contributed by atoms with Gasteiger partial charge in [0.15, 0.2) is 0 Å². The van der Waals surface area contributed by atoms with Crippen LogP contribution < -0.4 is 0 Å². The van der Waals surface area contributed by atoms with Gasteiger partial charge in [0.25, 0.3) is 0 Å². The Balaban J connectivity index is 2.28. The summed E-state index contributed by atoms with van der Waals surface area (Å²) in [5, 5.41) is 8.05. The van der Waals surface area contributed by atoms with Gasteiger partial charge in [-0.2, -0.15) is 0 Å². The highest BCUT2D eigenvalue weighted by atomic mass is 32.2. The van der Waals surface area contributed by atoms with Crippen LogP contribution in [0.5, 0.6) is 0 Å². The van der Waals surface area contributed by atoms with Crippen LogP contribution in [0.2, 0.25) is 0 Å². The first kappa shape index (κ1) is 14.8. The van der Waals surface area contributed by atoms with Gasteiger partial charge in [-0.25, -0.2) is 9.10 Å². The highest BCUT2D eigenvalue weighted by Gasteiger charge is 2.10. The second-order valence-electron chi connectivity index (χ2n) is 4.82. The number of hydrogen-bond donors (Lipinski definition) is 1. The number of hydrogen-bond acceptors (Lipinski definition) is 3. The Bertz CT molecular complexity index is 198. The van der Waals surface area contributed by atoms with E-state index in [1.165, 1.54) is 51.4 Å². The molecule has 0 bridgehead atoms. The van der Waals surface area contributed by atoms with E-state index in [1.807, 2.05) is 4.31 Å². The summed E-state index contributed by atoms with van der Waals surface area (Å²) in [5.41, 5.74) is 0. The van der Waals surface area contributed by atoms with Crippen molar-refractivity contribution < 1.29 is 9.90 Å². The van der Waals surface area contributed by atoms with Crippen molar-refractivity contribution in [1.29, 1.82) is 0 Å². The van der Waals surface area contributed by atoms with Crippen molar-refractivity contribution in [2.75, 3.05) is 13.1 Å². The van der Waals surface area contributed by atoms with Gasteiger partial charge >= 0.3 is 5.30 Å². The molecule has 0 saturated carbocycles. The molecule has 1 N–H and O–H groups in total. The fourth-order valence-corrected chi connectivity index (χ4v) is 2.97. The smallest absolute Gasteiger partial charge is 0.380 e. The number of carbonyl (C=O) groups is 1. The Morgan fingerprint density at radius 3 is 1.47 bits per heavy atom. The van der Waals surface area contributed by atoms with Crippen molar-refractivity contribution in [2.24, 2.45) is 0 Å². The van der Waals surface area contributed by atoms with E-state index in [0.29, 0.717) is 0 Å². The maximum absolute atomic E-state index is 10.7. The first-order chi connectivity index (χ1) is 8.29. The third-order valence-electron chi connectivity index (χ3n) is 3.27. The molecule has 1 fully saturated rings. The van der Waals surface area contributed by atoms with Crippen LogP contribution in [-0.4, -0.2) is 27.8 Å². The van der Waals surface area contributed by atoms with Crippen molar-refractivity contribution in [3.63, 3.8) is 0 Å². The van der Waals surface area contributed by atoms with Crippen LogP contribution in [0.4, 0.5) is 4.79 Å². The maximum Gasteiger partial charge on any atom is 0.380 e. The van der Waals surface area contributed by atoms with Gasteiger partial charge in [-0.3, -0.25) is 0 Å². The van der Waals surface area contributed by atoms with Crippen molar-refractivity contribution >= 4 is 17.2 Å². The molecule has 100 valence electrons. The molecule has 3 nitrogen and oxygen atoms in total. The van der Waals surface area contributed by atoms with E-state index in [0.717, 1.165) is 37.9 Å². The number of carboxylic acid groups (broad SMARTS) is 1. The van der Waals surface area contributed by atoms with Gasteiger partial charge in [-0.05, 0) is 12.8 Å². The molecule has 0 radical (unpaired) electrons. The summed E-state index contributed by atoms with van der Waals surface area (Å²) in [6, 6.07) is 0. The van der Waals surface area contributed by atoms with Crippen LogP contribution in [0.1, 0.15) is 64.2 Å². The van der Waals surface area contributed by atoms with Crippen LogP contribution in [0.3, 0.4) is 0 Å². The lowest BCUT2D eigenvalue weighted by molar-refractivity contribution is 0.221. The van der Waals surface area contributed by atoms with Gasteiger partial charge in [0.2, 0.25) is 0 Å². The SMILES string of the molecule is O=C(O)SN1CCCCCCCCCCCC1. The normalized spacial score (nSPS) is 22.1. The highest BCUT2D eigenvalue weighted by Crippen LogP contribution is 2.17. The van der Waals surface area contributed by atoms with Crippen LogP contribution in [-0.2, 0) is 0 Å². The topological polar surface area (TPSA) is 40.5 Å². The zero-order chi connectivity index (χ0) is 12.3. The molecule has 0 spiro atoms. The van der Waals surface area contributed by atoms with E-state index in [1.54, 1.807) is 0 Å². The van der Waals surface area contributed by atoms with Gasteiger partial charge < -0.3 is 5.11 Å². The first-order valence-corrected chi connectivity index (χ1v) is 7.72. The summed E-state index contributed by atoms with van der Waals surface area (Å²) in [5.74, 6) is 0. The highest BCUT2D eigenvalue weighted by molar-refractivity contribution is 8.11. The van der Waals surface area contributed by atoms with E-state index in [4.69, 9.17) is 5.11 Å². The average Bonchev–Trinajstić information content (AvgIpc) is 2.30.